The van der Waals surface area contributed by atoms with Crippen LogP contribution in [-0.2, 0) is 22.4 Å². The number of ether oxygens (including phenoxy) is 1. The molecule has 0 saturated heterocycles. The number of rotatable bonds is 4. The molecule has 1 aliphatic rings. The van der Waals surface area contributed by atoms with Gasteiger partial charge in [0.25, 0.3) is 0 Å². The summed E-state index contributed by atoms with van der Waals surface area (Å²) in [5, 5.41) is 8.85. The highest BCUT2D eigenvalue weighted by molar-refractivity contribution is 5.86. The molecule has 2 rings (SSSR count). The average molecular weight is 299 g/mol. The van der Waals surface area contributed by atoms with Crippen molar-refractivity contribution in [1.82, 2.24) is 5.43 Å². The maximum Gasteiger partial charge on any atom is 0.358 e. The number of carboxylic acid groups (broad SMARTS) is 1. The summed E-state index contributed by atoms with van der Waals surface area (Å²) >= 11 is 0. The Labute approximate surface area is 119 Å². The Kier molecular flexibility index (Phi) is 4.27. The van der Waals surface area contributed by atoms with Gasteiger partial charge in [0.15, 0.2) is 17.3 Å². The SMILES string of the molecule is NN/C(C(=O)O)=C(\N)OC1CCc2cc(F)c(F)cc2C1. The van der Waals surface area contributed by atoms with Gasteiger partial charge in [0, 0.05) is 6.42 Å². The quantitative estimate of drug-likeness (QED) is 0.279. The molecule has 8 heteroatoms. The number of benzene rings is 1. The summed E-state index contributed by atoms with van der Waals surface area (Å²) in [6.45, 7) is 0. The molecule has 1 unspecified atom stereocenters. The van der Waals surface area contributed by atoms with Crippen LogP contribution < -0.4 is 17.0 Å². The van der Waals surface area contributed by atoms with Crippen molar-refractivity contribution in [3.63, 3.8) is 0 Å². The third kappa shape index (κ3) is 3.22. The standard InChI is InChI=1S/C13H15F2N3O3/c14-9-4-6-1-2-8(3-7(6)5-10(9)15)21-12(16)11(18-17)13(19)20/h4-5,8,18H,1-3,16-17H2,(H,19,20)/b12-11+. The van der Waals surface area contributed by atoms with Crippen LogP contribution in [0, 0.1) is 11.6 Å². The zero-order valence-electron chi connectivity index (χ0n) is 11.0. The van der Waals surface area contributed by atoms with E-state index in [0.29, 0.717) is 30.4 Å². The normalized spacial score (nSPS) is 18.5. The van der Waals surface area contributed by atoms with E-state index < -0.39 is 29.4 Å². The van der Waals surface area contributed by atoms with Crippen LogP contribution in [-0.4, -0.2) is 17.2 Å². The molecule has 1 aromatic carbocycles. The number of fused-ring (bicyclic) bond motifs is 1. The van der Waals surface area contributed by atoms with Crippen molar-refractivity contribution < 1.29 is 23.4 Å². The highest BCUT2D eigenvalue weighted by atomic mass is 19.2. The Morgan fingerprint density at radius 2 is 1.95 bits per heavy atom. The zero-order valence-corrected chi connectivity index (χ0v) is 11.0. The Morgan fingerprint density at radius 3 is 2.52 bits per heavy atom. The van der Waals surface area contributed by atoms with Gasteiger partial charge >= 0.3 is 5.97 Å². The molecule has 6 N–H and O–H groups in total. The molecule has 1 aromatic rings. The summed E-state index contributed by atoms with van der Waals surface area (Å²) in [6.07, 6.45) is 0.884. The predicted octanol–water partition coefficient (Wildman–Crippen LogP) is 0.514. The topological polar surface area (TPSA) is 111 Å². The molecule has 0 aromatic heterocycles. The molecule has 0 saturated carbocycles. The Morgan fingerprint density at radius 1 is 1.33 bits per heavy atom. The van der Waals surface area contributed by atoms with Crippen molar-refractivity contribution >= 4 is 5.97 Å². The number of hydrogen-bond acceptors (Lipinski definition) is 5. The molecule has 21 heavy (non-hydrogen) atoms. The Bertz CT molecular complexity index is 605. The third-order valence-corrected chi connectivity index (χ3v) is 3.32. The van der Waals surface area contributed by atoms with Crippen molar-refractivity contribution in [1.29, 1.82) is 0 Å². The number of hydrazine groups is 1. The largest absolute Gasteiger partial charge is 0.476 e. The fourth-order valence-electron chi connectivity index (χ4n) is 2.29. The number of nitrogens with one attached hydrogen (secondary N) is 1. The Hall–Kier alpha value is -2.35. The van der Waals surface area contributed by atoms with E-state index in [2.05, 4.69) is 0 Å². The monoisotopic (exact) mass is 299 g/mol. The Balaban J connectivity index is 2.15. The van der Waals surface area contributed by atoms with E-state index in [-0.39, 0.29) is 5.88 Å². The van der Waals surface area contributed by atoms with Gasteiger partial charge in [-0.05, 0) is 36.1 Å². The minimum Gasteiger partial charge on any atom is -0.476 e. The van der Waals surface area contributed by atoms with Crippen LogP contribution in [0.5, 0.6) is 0 Å². The van der Waals surface area contributed by atoms with Crippen LogP contribution in [0.1, 0.15) is 17.5 Å². The van der Waals surface area contributed by atoms with Crippen LogP contribution in [0.4, 0.5) is 8.78 Å². The van der Waals surface area contributed by atoms with E-state index in [1.165, 1.54) is 6.07 Å². The molecular weight excluding hydrogens is 284 g/mol. The van der Waals surface area contributed by atoms with E-state index in [0.717, 1.165) is 6.07 Å². The molecule has 0 amide bonds. The lowest BCUT2D eigenvalue weighted by Gasteiger charge is -2.26. The number of aryl methyl sites for hydroxylation is 1. The number of hydrogen-bond donors (Lipinski definition) is 4. The molecule has 114 valence electrons. The lowest BCUT2D eigenvalue weighted by Crippen LogP contribution is -2.33. The fraction of sp³-hybridized carbons (Fsp3) is 0.308. The van der Waals surface area contributed by atoms with Gasteiger partial charge in [-0.25, -0.2) is 13.6 Å². The summed E-state index contributed by atoms with van der Waals surface area (Å²) in [7, 11) is 0. The second kappa shape index (κ2) is 5.96. The van der Waals surface area contributed by atoms with Gasteiger partial charge in [-0.15, -0.1) is 0 Å². The molecule has 0 radical (unpaired) electrons. The van der Waals surface area contributed by atoms with Gasteiger partial charge in [0.2, 0.25) is 5.88 Å². The molecule has 0 aliphatic heterocycles. The van der Waals surface area contributed by atoms with E-state index >= 15 is 0 Å². The zero-order chi connectivity index (χ0) is 15.6. The van der Waals surface area contributed by atoms with E-state index in [1.54, 1.807) is 0 Å². The molecule has 1 atom stereocenters. The summed E-state index contributed by atoms with van der Waals surface area (Å²) in [5.41, 5.74) is 8.36. The van der Waals surface area contributed by atoms with Crippen molar-refractivity contribution in [3.05, 3.63) is 46.5 Å². The molecular formula is C13H15F2N3O3. The number of nitrogens with two attached hydrogens (primary N) is 2. The molecule has 0 spiro atoms. The average Bonchev–Trinajstić information content (AvgIpc) is 2.40. The predicted molar refractivity (Wildman–Crippen MR) is 69.4 cm³/mol. The fourth-order valence-corrected chi connectivity index (χ4v) is 2.29. The second-order valence-electron chi connectivity index (χ2n) is 4.71. The van der Waals surface area contributed by atoms with Gasteiger partial charge in [0.05, 0.1) is 0 Å². The van der Waals surface area contributed by atoms with Crippen molar-refractivity contribution in [3.8, 4) is 0 Å². The first kappa shape index (κ1) is 15.0. The van der Waals surface area contributed by atoms with E-state index in [4.69, 9.17) is 21.4 Å². The minimum atomic E-state index is -1.35. The van der Waals surface area contributed by atoms with E-state index in [9.17, 15) is 13.6 Å². The summed E-state index contributed by atoms with van der Waals surface area (Å²) in [4.78, 5) is 10.8. The van der Waals surface area contributed by atoms with Crippen LogP contribution in [0.25, 0.3) is 0 Å². The van der Waals surface area contributed by atoms with Crippen molar-refractivity contribution in [2.75, 3.05) is 0 Å². The van der Waals surface area contributed by atoms with Crippen LogP contribution >= 0.6 is 0 Å². The smallest absolute Gasteiger partial charge is 0.358 e. The number of carbonyl (C=O) groups is 1. The van der Waals surface area contributed by atoms with Gasteiger partial charge in [-0.3, -0.25) is 5.84 Å². The van der Waals surface area contributed by atoms with Crippen molar-refractivity contribution in [2.24, 2.45) is 11.6 Å². The lowest BCUT2D eigenvalue weighted by molar-refractivity contribution is -0.133. The maximum absolute atomic E-state index is 13.2. The molecule has 0 heterocycles. The van der Waals surface area contributed by atoms with Crippen LogP contribution in [0.3, 0.4) is 0 Å². The minimum absolute atomic E-state index is 0.310. The maximum atomic E-state index is 13.2. The van der Waals surface area contributed by atoms with Crippen LogP contribution in [0.15, 0.2) is 23.7 Å². The second-order valence-corrected chi connectivity index (χ2v) is 4.71. The first-order valence-electron chi connectivity index (χ1n) is 6.25. The number of aliphatic carboxylic acids is 1. The van der Waals surface area contributed by atoms with Gasteiger partial charge in [-0.2, -0.15) is 0 Å². The molecule has 1 aliphatic carbocycles. The van der Waals surface area contributed by atoms with E-state index in [1.807, 2.05) is 5.43 Å². The first-order valence-corrected chi connectivity index (χ1v) is 6.25. The molecule has 6 nitrogen and oxygen atoms in total. The summed E-state index contributed by atoms with van der Waals surface area (Å²) in [6, 6.07) is 2.30. The first-order chi connectivity index (χ1) is 9.92. The summed E-state index contributed by atoms with van der Waals surface area (Å²) in [5.74, 6) is 1.55. The van der Waals surface area contributed by atoms with Crippen LogP contribution in [0.2, 0.25) is 0 Å². The summed E-state index contributed by atoms with van der Waals surface area (Å²) < 4.78 is 31.7. The molecule has 0 bridgehead atoms. The highest BCUT2D eigenvalue weighted by Crippen LogP contribution is 2.26. The number of halogens is 2. The van der Waals surface area contributed by atoms with Gasteiger partial charge < -0.3 is 21.0 Å². The van der Waals surface area contributed by atoms with Crippen molar-refractivity contribution in [2.45, 2.75) is 25.4 Å². The number of carboxylic acids is 1. The van der Waals surface area contributed by atoms with Gasteiger partial charge in [-0.1, -0.05) is 0 Å². The highest BCUT2D eigenvalue weighted by Gasteiger charge is 2.24. The third-order valence-electron chi connectivity index (χ3n) is 3.32. The molecule has 0 fully saturated rings. The lowest BCUT2D eigenvalue weighted by atomic mass is 9.89. The van der Waals surface area contributed by atoms with Gasteiger partial charge in [0.1, 0.15) is 6.10 Å².